The second-order valence-electron chi connectivity index (χ2n) is 5.63. The number of rotatable bonds is 7. The van der Waals surface area contributed by atoms with Gasteiger partial charge in [0, 0.05) is 6.54 Å². The summed E-state index contributed by atoms with van der Waals surface area (Å²) < 4.78 is 5.23. The van der Waals surface area contributed by atoms with Crippen molar-refractivity contribution in [2.45, 2.75) is 34.2 Å². The van der Waals surface area contributed by atoms with Crippen LogP contribution in [0.1, 0.15) is 33.3 Å². The Morgan fingerprint density at radius 1 is 1.11 bits per heavy atom. The van der Waals surface area contributed by atoms with Gasteiger partial charge in [-0.1, -0.05) is 39.8 Å². The summed E-state index contributed by atoms with van der Waals surface area (Å²) in [5.41, 5.74) is 1.28. The quantitative estimate of drug-likeness (QED) is 0.795. The maximum atomic E-state index is 5.23. The number of ether oxygens (including phenoxy) is 1. The third-order valence-electron chi connectivity index (χ3n) is 3.56. The van der Waals surface area contributed by atoms with Crippen LogP contribution in [-0.2, 0) is 6.54 Å². The predicted octanol–water partition coefficient (Wildman–Crippen LogP) is 3.71. The van der Waals surface area contributed by atoms with E-state index >= 15 is 0 Å². The topological polar surface area (TPSA) is 21.3 Å². The molecule has 102 valence electrons. The molecule has 1 aromatic carbocycles. The molecule has 0 radical (unpaired) electrons. The van der Waals surface area contributed by atoms with Crippen molar-refractivity contribution >= 4 is 0 Å². The van der Waals surface area contributed by atoms with E-state index in [-0.39, 0.29) is 0 Å². The largest absolute Gasteiger partial charge is 0.497 e. The molecular weight excluding hydrogens is 222 g/mol. The standard InChI is InChI=1S/C16H27NO/c1-12(2)16(13(3)4)11-17-10-14-7-6-8-15(9-14)18-5/h6-9,12-13,16-17H,10-11H2,1-5H3. The highest BCUT2D eigenvalue weighted by atomic mass is 16.5. The molecule has 0 fully saturated rings. The molecule has 0 heterocycles. The van der Waals surface area contributed by atoms with Crippen molar-refractivity contribution in [3.63, 3.8) is 0 Å². The van der Waals surface area contributed by atoms with Gasteiger partial charge in [0.05, 0.1) is 7.11 Å². The van der Waals surface area contributed by atoms with Crippen LogP contribution in [0.15, 0.2) is 24.3 Å². The summed E-state index contributed by atoms with van der Waals surface area (Å²) in [5.74, 6) is 3.11. The molecule has 0 unspecified atom stereocenters. The van der Waals surface area contributed by atoms with Crippen LogP contribution in [0, 0.1) is 17.8 Å². The Balaban J connectivity index is 2.44. The Morgan fingerprint density at radius 3 is 2.33 bits per heavy atom. The van der Waals surface area contributed by atoms with Gasteiger partial charge in [-0.05, 0) is 42.0 Å². The maximum Gasteiger partial charge on any atom is 0.119 e. The molecule has 0 spiro atoms. The number of hydrogen-bond donors (Lipinski definition) is 1. The lowest BCUT2D eigenvalue weighted by atomic mass is 9.85. The van der Waals surface area contributed by atoms with Crippen molar-refractivity contribution < 1.29 is 4.74 Å². The number of hydrogen-bond acceptors (Lipinski definition) is 2. The molecule has 0 aliphatic rings. The highest BCUT2D eigenvalue weighted by molar-refractivity contribution is 5.28. The van der Waals surface area contributed by atoms with Crippen molar-refractivity contribution in [1.82, 2.24) is 5.32 Å². The third-order valence-corrected chi connectivity index (χ3v) is 3.56. The molecule has 0 saturated heterocycles. The summed E-state index contributed by atoms with van der Waals surface area (Å²) in [6.45, 7) is 11.2. The van der Waals surface area contributed by atoms with Crippen LogP contribution in [0.3, 0.4) is 0 Å². The third kappa shape index (κ3) is 4.69. The van der Waals surface area contributed by atoms with Crippen LogP contribution in [0.25, 0.3) is 0 Å². The van der Waals surface area contributed by atoms with Gasteiger partial charge in [-0.15, -0.1) is 0 Å². The molecule has 0 bridgehead atoms. The van der Waals surface area contributed by atoms with Gasteiger partial charge in [-0.3, -0.25) is 0 Å². The van der Waals surface area contributed by atoms with E-state index in [0.29, 0.717) is 0 Å². The van der Waals surface area contributed by atoms with Crippen molar-refractivity contribution in [2.24, 2.45) is 17.8 Å². The fourth-order valence-corrected chi connectivity index (χ4v) is 2.41. The smallest absolute Gasteiger partial charge is 0.119 e. The average Bonchev–Trinajstić information content (AvgIpc) is 2.34. The summed E-state index contributed by atoms with van der Waals surface area (Å²) >= 11 is 0. The van der Waals surface area contributed by atoms with Crippen LogP contribution in [0.4, 0.5) is 0 Å². The van der Waals surface area contributed by atoms with Crippen molar-refractivity contribution in [3.05, 3.63) is 29.8 Å². The van der Waals surface area contributed by atoms with Crippen molar-refractivity contribution in [3.8, 4) is 5.75 Å². The summed E-state index contributed by atoms with van der Waals surface area (Å²) in [6.07, 6.45) is 0. The second kappa shape index (κ2) is 7.42. The Labute approximate surface area is 112 Å². The summed E-state index contributed by atoms with van der Waals surface area (Å²) in [7, 11) is 1.71. The van der Waals surface area contributed by atoms with Gasteiger partial charge >= 0.3 is 0 Å². The van der Waals surface area contributed by atoms with Crippen molar-refractivity contribution in [2.75, 3.05) is 13.7 Å². The first kappa shape index (κ1) is 15.0. The molecule has 0 aliphatic carbocycles. The number of benzene rings is 1. The minimum Gasteiger partial charge on any atom is -0.497 e. The Hall–Kier alpha value is -1.02. The molecule has 0 aliphatic heterocycles. The zero-order chi connectivity index (χ0) is 13.5. The van der Waals surface area contributed by atoms with Gasteiger partial charge in [0.1, 0.15) is 5.75 Å². The molecule has 18 heavy (non-hydrogen) atoms. The summed E-state index contributed by atoms with van der Waals surface area (Å²) in [5, 5.41) is 3.56. The molecule has 0 atom stereocenters. The lowest BCUT2D eigenvalue weighted by Crippen LogP contribution is -2.29. The second-order valence-corrected chi connectivity index (χ2v) is 5.63. The van der Waals surface area contributed by atoms with E-state index in [9.17, 15) is 0 Å². The SMILES string of the molecule is COc1cccc(CNCC(C(C)C)C(C)C)c1. The van der Waals surface area contributed by atoms with Gasteiger partial charge < -0.3 is 10.1 Å². The van der Waals surface area contributed by atoms with Gasteiger partial charge in [-0.2, -0.15) is 0 Å². The minimum absolute atomic E-state index is 0.725. The lowest BCUT2D eigenvalue weighted by molar-refractivity contribution is 0.275. The first-order valence-electron chi connectivity index (χ1n) is 6.88. The van der Waals surface area contributed by atoms with E-state index in [2.05, 4.69) is 45.1 Å². The molecule has 1 aromatic rings. The van der Waals surface area contributed by atoms with E-state index in [1.165, 1.54) is 5.56 Å². The van der Waals surface area contributed by atoms with Crippen LogP contribution in [-0.4, -0.2) is 13.7 Å². The van der Waals surface area contributed by atoms with Crippen LogP contribution in [0.2, 0.25) is 0 Å². The molecule has 0 saturated carbocycles. The highest BCUT2D eigenvalue weighted by Crippen LogP contribution is 2.19. The molecule has 0 amide bonds. The predicted molar refractivity (Wildman–Crippen MR) is 77.9 cm³/mol. The highest BCUT2D eigenvalue weighted by Gasteiger charge is 2.16. The lowest BCUT2D eigenvalue weighted by Gasteiger charge is -2.25. The minimum atomic E-state index is 0.725. The van der Waals surface area contributed by atoms with E-state index in [1.54, 1.807) is 7.11 Å². The molecular formula is C16H27NO. The molecule has 1 rings (SSSR count). The monoisotopic (exact) mass is 249 g/mol. The van der Waals surface area contributed by atoms with Gasteiger partial charge in [0.25, 0.3) is 0 Å². The normalized spacial score (nSPS) is 11.6. The molecule has 1 N–H and O–H groups in total. The Bertz CT molecular complexity index is 339. The van der Waals surface area contributed by atoms with E-state index in [0.717, 1.165) is 36.6 Å². The Morgan fingerprint density at radius 2 is 1.78 bits per heavy atom. The zero-order valence-corrected chi connectivity index (χ0v) is 12.4. The van der Waals surface area contributed by atoms with E-state index < -0.39 is 0 Å². The van der Waals surface area contributed by atoms with Crippen LogP contribution in [0.5, 0.6) is 5.75 Å². The fraction of sp³-hybridized carbons (Fsp3) is 0.625. The van der Waals surface area contributed by atoms with Crippen molar-refractivity contribution in [1.29, 1.82) is 0 Å². The molecule has 2 heteroatoms. The van der Waals surface area contributed by atoms with Crippen LogP contribution >= 0.6 is 0 Å². The number of nitrogens with one attached hydrogen (secondary N) is 1. The number of methoxy groups -OCH3 is 1. The van der Waals surface area contributed by atoms with E-state index in [4.69, 9.17) is 4.74 Å². The summed E-state index contributed by atoms with van der Waals surface area (Å²) in [4.78, 5) is 0. The zero-order valence-electron chi connectivity index (χ0n) is 12.4. The fourth-order valence-electron chi connectivity index (χ4n) is 2.41. The molecule has 0 aromatic heterocycles. The Kier molecular flexibility index (Phi) is 6.20. The summed E-state index contributed by atoms with van der Waals surface area (Å²) in [6, 6.07) is 8.24. The maximum absolute atomic E-state index is 5.23. The van der Waals surface area contributed by atoms with Crippen LogP contribution < -0.4 is 10.1 Å². The van der Waals surface area contributed by atoms with Gasteiger partial charge in [0.15, 0.2) is 0 Å². The van der Waals surface area contributed by atoms with E-state index in [1.807, 2.05) is 12.1 Å². The van der Waals surface area contributed by atoms with Gasteiger partial charge in [-0.25, -0.2) is 0 Å². The average molecular weight is 249 g/mol. The molecule has 2 nitrogen and oxygen atoms in total. The first-order valence-corrected chi connectivity index (χ1v) is 6.88. The first-order chi connectivity index (χ1) is 8.54. The van der Waals surface area contributed by atoms with Gasteiger partial charge in [0.2, 0.25) is 0 Å².